The molecule has 0 saturated carbocycles. The number of carbonyl (C=O) groups is 1. The summed E-state index contributed by atoms with van der Waals surface area (Å²) in [6.07, 6.45) is 46.7. The Morgan fingerprint density at radius 2 is 0.926 bits per heavy atom. The maximum Gasteiger partial charge on any atom is 0.472 e. The Morgan fingerprint density at radius 3 is 1.39 bits per heavy atom. The second-order valence-corrected chi connectivity index (χ2v) is 17.1. The van der Waals surface area contributed by atoms with Crippen molar-refractivity contribution in [2.45, 2.75) is 238 Å². The molecule has 9 heteroatoms. The van der Waals surface area contributed by atoms with E-state index in [0.29, 0.717) is 13.0 Å². The van der Waals surface area contributed by atoms with Crippen LogP contribution in [0.5, 0.6) is 0 Å². The highest BCUT2D eigenvalue weighted by molar-refractivity contribution is 7.47. The van der Waals surface area contributed by atoms with Crippen molar-refractivity contribution in [3.05, 3.63) is 12.2 Å². The van der Waals surface area contributed by atoms with Crippen LogP contribution < -0.4 is 5.73 Å². The van der Waals surface area contributed by atoms with Crippen LogP contribution in [0, 0.1) is 0 Å². The lowest BCUT2D eigenvalue weighted by molar-refractivity contribution is -0.154. The summed E-state index contributed by atoms with van der Waals surface area (Å²) in [5, 5.41) is 0. The van der Waals surface area contributed by atoms with Crippen LogP contribution in [0.3, 0.4) is 0 Å². The Kier molecular flexibility index (Phi) is 42.8. The fourth-order valence-corrected chi connectivity index (χ4v) is 7.52. The summed E-state index contributed by atoms with van der Waals surface area (Å²) in [4.78, 5) is 22.5. The maximum absolute atomic E-state index is 12.6. The molecular weight excluding hydrogens is 697 g/mol. The van der Waals surface area contributed by atoms with Crippen molar-refractivity contribution < 1.29 is 32.8 Å². The van der Waals surface area contributed by atoms with Crippen LogP contribution in [0.2, 0.25) is 0 Å². The molecule has 0 aliphatic heterocycles. The number of carbonyl (C=O) groups excluding carboxylic acids is 1. The van der Waals surface area contributed by atoms with Crippen LogP contribution in [0.1, 0.15) is 232 Å². The summed E-state index contributed by atoms with van der Waals surface area (Å²) in [5.41, 5.74) is 5.37. The summed E-state index contributed by atoms with van der Waals surface area (Å²) in [5.74, 6) is -0.327. The van der Waals surface area contributed by atoms with E-state index in [-0.39, 0.29) is 32.3 Å². The normalized spacial score (nSPS) is 13.5. The van der Waals surface area contributed by atoms with E-state index >= 15 is 0 Å². The quantitative estimate of drug-likeness (QED) is 0.0271. The van der Waals surface area contributed by atoms with Gasteiger partial charge in [0.15, 0.2) is 0 Å². The molecule has 54 heavy (non-hydrogen) atoms. The molecule has 322 valence electrons. The zero-order valence-electron chi connectivity index (χ0n) is 35.7. The van der Waals surface area contributed by atoms with E-state index in [1.165, 1.54) is 180 Å². The minimum absolute atomic E-state index is 0.0933. The van der Waals surface area contributed by atoms with E-state index in [1.54, 1.807) is 0 Å². The largest absolute Gasteiger partial charge is 0.472 e. The van der Waals surface area contributed by atoms with Crippen molar-refractivity contribution in [2.75, 3.05) is 33.0 Å². The van der Waals surface area contributed by atoms with Crippen molar-refractivity contribution in [2.24, 2.45) is 5.73 Å². The summed E-state index contributed by atoms with van der Waals surface area (Å²) in [7, 11) is -4.27. The molecule has 0 heterocycles. The first-order valence-corrected chi connectivity index (χ1v) is 24.7. The van der Waals surface area contributed by atoms with Gasteiger partial charge in [-0.25, -0.2) is 4.57 Å². The van der Waals surface area contributed by atoms with Crippen LogP contribution in [0.4, 0.5) is 0 Å². The topological polar surface area (TPSA) is 117 Å². The number of rotatable bonds is 45. The molecule has 0 bridgehead atoms. The molecule has 0 amide bonds. The number of hydrogen-bond donors (Lipinski definition) is 2. The second kappa shape index (κ2) is 43.4. The predicted molar refractivity (Wildman–Crippen MR) is 229 cm³/mol. The van der Waals surface area contributed by atoms with Gasteiger partial charge in [0, 0.05) is 19.6 Å². The van der Waals surface area contributed by atoms with Crippen molar-refractivity contribution in [1.29, 1.82) is 0 Å². The molecule has 3 N–H and O–H groups in total. The molecule has 2 atom stereocenters. The highest BCUT2D eigenvalue weighted by atomic mass is 31.2. The van der Waals surface area contributed by atoms with Crippen LogP contribution in [-0.2, 0) is 27.9 Å². The number of unbranched alkanes of at least 4 members (excludes halogenated alkanes) is 30. The van der Waals surface area contributed by atoms with Crippen LogP contribution >= 0.6 is 7.82 Å². The Balaban J connectivity index is 3.91. The monoisotopic (exact) mass is 788 g/mol. The second-order valence-electron chi connectivity index (χ2n) is 15.6. The van der Waals surface area contributed by atoms with Gasteiger partial charge < -0.3 is 20.1 Å². The van der Waals surface area contributed by atoms with Gasteiger partial charge in [0.2, 0.25) is 0 Å². The zero-order chi connectivity index (χ0) is 39.5. The molecule has 0 aliphatic rings. The van der Waals surface area contributed by atoms with Crippen LogP contribution in [0.25, 0.3) is 0 Å². The third-order valence-electron chi connectivity index (χ3n) is 10.2. The Hall–Kier alpha value is -0.760. The molecular formula is C45H90NO7P. The number of phosphoric acid groups is 1. The van der Waals surface area contributed by atoms with E-state index in [9.17, 15) is 14.3 Å². The van der Waals surface area contributed by atoms with E-state index < -0.39 is 13.9 Å². The highest BCUT2D eigenvalue weighted by Crippen LogP contribution is 2.43. The maximum atomic E-state index is 12.6. The average Bonchev–Trinajstić information content (AvgIpc) is 3.16. The summed E-state index contributed by atoms with van der Waals surface area (Å²) < 4.78 is 33.4. The Bertz CT molecular complexity index is 843. The first kappa shape index (κ1) is 53.2. The van der Waals surface area contributed by atoms with Crippen molar-refractivity contribution in [3.63, 3.8) is 0 Å². The minimum atomic E-state index is -4.27. The van der Waals surface area contributed by atoms with Gasteiger partial charge in [-0.05, 0) is 38.5 Å². The van der Waals surface area contributed by atoms with E-state index in [2.05, 4.69) is 26.0 Å². The van der Waals surface area contributed by atoms with Gasteiger partial charge in [-0.15, -0.1) is 0 Å². The fourth-order valence-electron chi connectivity index (χ4n) is 6.76. The minimum Gasteiger partial charge on any atom is -0.457 e. The molecule has 0 radical (unpaired) electrons. The predicted octanol–water partition coefficient (Wildman–Crippen LogP) is 13.9. The van der Waals surface area contributed by atoms with Gasteiger partial charge >= 0.3 is 13.8 Å². The molecule has 2 unspecified atom stereocenters. The van der Waals surface area contributed by atoms with E-state index in [0.717, 1.165) is 32.1 Å². The third-order valence-corrected chi connectivity index (χ3v) is 11.2. The molecule has 0 spiro atoms. The summed E-state index contributed by atoms with van der Waals surface area (Å²) >= 11 is 0. The lowest BCUT2D eigenvalue weighted by Gasteiger charge is -2.20. The SMILES string of the molecule is CCCCC/C=C\CCCCCCCCOCC(COP(=O)(O)OCCN)OC(=O)CCCCCCCCCCCCCCCCCCCCCCCC. The summed E-state index contributed by atoms with van der Waals surface area (Å²) in [6, 6.07) is 0. The smallest absolute Gasteiger partial charge is 0.457 e. The van der Waals surface area contributed by atoms with Gasteiger partial charge in [0.05, 0.1) is 19.8 Å². The third kappa shape index (κ3) is 42.4. The van der Waals surface area contributed by atoms with Gasteiger partial charge in [-0.2, -0.15) is 0 Å². The van der Waals surface area contributed by atoms with Crippen molar-refractivity contribution in [1.82, 2.24) is 0 Å². The van der Waals surface area contributed by atoms with Crippen LogP contribution in [-0.4, -0.2) is 49.9 Å². The molecule has 0 aromatic rings. The highest BCUT2D eigenvalue weighted by Gasteiger charge is 2.25. The van der Waals surface area contributed by atoms with Gasteiger partial charge in [0.1, 0.15) is 6.10 Å². The van der Waals surface area contributed by atoms with Gasteiger partial charge in [-0.1, -0.05) is 199 Å². The first-order chi connectivity index (χ1) is 26.4. The summed E-state index contributed by atoms with van der Waals surface area (Å²) in [6.45, 7) is 4.93. The molecule has 0 rings (SSSR count). The average molecular weight is 788 g/mol. The first-order valence-electron chi connectivity index (χ1n) is 23.2. The molecule has 0 aliphatic carbocycles. The molecule has 0 saturated heterocycles. The Labute approximate surface area is 334 Å². The molecule has 8 nitrogen and oxygen atoms in total. The van der Waals surface area contributed by atoms with Crippen molar-refractivity contribution >= 4 is 13.8 Å². The fraction of sp³-hybridized carbons (Fsp3) is 0.933. The lowest BCUT2D eigenvalue weighted by atomic mass is 10.0. The number of esters is 1. The number of phosphoric ester groups is 1. The molecule has 0 fully saturated rings. The molecule has 0 aromatic carbocycles. The number of hydrogen-bond acceptors (Lipinski definition) is 7. The standard InChI is InChI=1S/C45H90NO7P/c1-3-5-7-9-11-13-15-17-18-19-20-21-22-23-24-25-26-28-30-32-34-36-38-45(47)53-44(43-52-54(48,49)51-41-39-46)42-50-40-37-35-33-31-29-27-16-14-12-10-8-6-4-2/h12,14,44H,3-11,13,15-43,46H2,1-2H3,(H,48,49)/b14-12-. The number of allylic oxidation sites excluding steroid dienone is 2. The molecule has 0 aromatic heterocycles. The Morgan fingerprint density at radius 1 is 0.537 bits per heavy atom. The lowest BCUT2D eigenvalue weighted by Crippen LogP contribution is -2.28. The van der Waals surface area contributed by atoms with Gasteiger partial charge in [0.25, 0.3) is 0 Å². The van der Waals surface area contributed by atoms with E-state index in [4.69, 9.17) is 24.3 Å². The van der Waals surface area contributed by atoms with E-state index in [1.807, 2.05) is 0 Å². The zero-order valence-corrected chi connectivity index (χ0v) is 36.6. The number of ether oxygens (including phenoxy) is 2. The van der Waals surface area contributed by atoms with Gasteiger partial charge in [-0.3, -0.25) is 13.8 Å². The van der Waals surface area contributed by atoms with Crippen molar-refractivity contribution in [3.8, 4) is 0 Å². The number of nitrogens with two attached hydrogens (primary N) is 1. The van der Waals surface area contributed by atoms with Crippen LogP contribution in [0.15, 0.2) is 12.2 Å².